The van der Waals surface area contributed by atoms with Gasteiger partial charge in [0.25, 0.3) is 0 Å². The molecule has 30 heavy (non-hydrogen) atoms. The van der Waals surface area contributed by atoms with Gasteiger partial charge in [-0.3, -0.25) is 9.69 Å². The van der Waals surface area contributed by atoms with Gasteiger partial charge in [0.1, 0.15) is 17.3 Å². The topological polar surface area (TPSA) is 55.1 Å². The van der Waals surface area contributed by atoms with Gasteiger partial charge in [0, 0.05) is 46.1 Å². The number of likely N-dealkylation sites (tertiary alicyclic amines) is 1. The van der Waals surface area contributed by atoms with Gasteiger partial charge < -0.3 is 18.8 Å². The molecule has 2 heterocycles. The number of furan rings is 1. The maximum atomic E-state index is 12.2. The number of ether oxygens (including phenoxy) is 2. The van der Waals surface area contributed by atoms with Gasteiger partial charge in [-0.05, 0) is 43.0 Å². The van der Waals surface area contributed by atoms with E-state index >= 15 is 0 Å². The van der Waals surface area contributed by atoms with E-state index in [0.717, 1.165) is 36.9 Å². The smallest absolute Gasteiger partial charge is 0.219 e. The molecule has 0 saturated carbocycles. The lowest BCUT2D eigenvalue weighted by Gasteiger charge is -2.28. The third kappa shape index (κ3) is 5.24. The van der Waals surface area contributed by atoms with Crippen molar-refractivity contribution in [1.82, 2.24) is 9.80 Å². The van der Waals surface area contributed by atoms with Gasteiger partial charge >= 0.3 is 0 Å². The van der Waals surface area contributed by atoms with E-state index in [4.69, 9.17) is 13.9 Å². The number of benzene rings is 1. The monoisotopic (exact) mass is 414 g/mol. The standard InChI is InChI=1S/C24H34N2O4/c1-17-12-21(30-18(17)2)15-25-13-20(14-26(19(3)27)10-11-28-4)23(16-25)22-8-6-7-9-24(22)29-5/h6-9,12,20,23H,10-11,13-16H2,1-5H3. The number of hydrogen-bond donors (Lipinski definition) is 0. The van der Waals surface area contributed by atoms with Gasteiger partial charge in [-0.25, -0.2) is 0 Å². The molecule has 2 atom stereocenters. The average molecular weight is 415 g/mol. The molecule has 1 aliphatic heterocycles. The summed E-state index contributed by atoms with van der Waals surface area (Å²) < 4.78 is 16.8. The zero-order chi connectivity index (χ0) is 21.7. The van der Waals surface area contributed by atoms with Crippen molar-refractivity contribution in [3.05, 3.63) is 53.0 Å². The Balaban J connectivity index is 1.82. The first-order valence-electron chi connectivity index (χ1n) is 10.6. The lowest BCUT2D eigenvalue weighted by molar-refractivity contribution is -0.130. The number of para-hydroxylation sites is 1. The van der Waals surface area contributed by atoms with Crippen LogP contribution >= 0.6 is 0 Å². The molecule has 1 fully saturated rings. The van der Waals surface area contributed by atoms with Crippen LogP contribution in [0.4, 0.5) is 0 Å². The van der Waals surface area contributed by atoms with E-state index in [1.807, 2.05) is 24.0 Å². The van der Waals surface area contributed by atoms with E-state index in [9.17, 15) is 4.79 Å². The molecule has 1 aromatic carbocycles. The van der Waals surface area contributed by atoms with Crippen LogP contribution in [0.1, 0.15) is 35.5 Å². The minimum atomic E-state index is 0.0848. The van der Waals surface area contributed by atoms with Crippen LogP contribution in [0.5, 0.6) is 5.75 Å². The van der Waals surface area contributed by atoms with E-state index in [1.54, 1.807) is 21.1 Å². The average Bonchev–Trinajstić information content (AvgIpc) is 3.26. The zero-order valence-corrected chi connectivity index (χ0v) is 18.8. The summed E-state index contributed by atoms with van der Waals surface area (Å²) in [7, 11) is 3.38. The molecule has 2 aromatic rings. The van der Waals surface area contributed by atoms with Crippen molar-refractivity contribution < 1.29 is 18.7 Å². The maximum Gasteiger partial charge on any atom is 0.219 e. The van der Waals surface area contributed by atoms with Crippen molar-refractivity contribution in [2.24, 2.45) is 5.92 Å². The number of methoxy groups -OCH3 is 2. The normalized spacial score (nSPS) is 19.2. The number of hydrogen-bond acceptors (Lipinski definition) is 5. The van der Waals surface area contributed by atoms with Crippen molar-refractivity contribution in [3.63, 3.8) is 0 Å². The highest BCUT2D eigenvalue weighted by atomic mass is 16.5. The Morgan fingerprint density at radius 2 is 2.00 bits per heavy atom. The fourth-order valence-corrected chi connectivity index (χ4v) is 4.41. The quantitative estimate of drug-likeness (QED) is 0.627. The van der Waals surface area contributed by atoms with E-state index in [-0.39, 0.29) is 11.8 Å². The molecule has 0 bridgehead atoms. The highest BCUT2D eigenvalue weighted by molar-refractivity contribution is 5.73. The Morgan fingerprint density at radius 1 is 1.23 bits per heavy atom. The molecule has 3 rings (SSSR count). The van der Waals surface area contributed by atoms with E-state index in [1.165, 1.54) is 11.1 Å². The number of carbonyl (C=O) groups excluding carboxylic acids is 1. The summed E-state index contributed by atoms with van der Waals surface area (Å²) in [6.07, 6.45) is 0. The molecule has 1 amide bonds. The van der Waals surface area contributed by atoms with Crippen LogP contribution in [-0.4, -0.2) is 62.7 Å². The molecule has 2 unspecified atom stereocenters. The number of amides is 1. The first-order chi connectivity index (χ1) is 14.4. The second kappa shape index (κ2) is 10.1. The highest BCUT2D eigenvalue weighted by Crippen LogP contribution is 2.38. The maximum absolute atomic E-state index is 12.2. The van der Waals surface area contributed by atoms with Gasteiger partial charge in [0.2, 0.25) is 5.91 Å². The van der Waals surface area contributed by atoms with Crippen molar-refractivity contribution >= 4 is 5.91 Å². The van der Waals surface area contributed by atoms with Gasteiger partial charge in [-0.2, -0.15) is 0 Å². The molecular weight excluding hydrogens is 380 g/mol. The largest absolute Gasteiger partial charge is 0.496 e. The summed E-state index contributed by atoms with van der Waals surface area (Å²) >= 11 is 0. The number of rotatable bonds is 9. The highest BCUT2D eigenvalue weighted by Gasteiger charge is 2.37. The molecule has 6 heteroatoms. The molecular formula is C24H34N2O4. The number of aryl methyl sites for hydroxylation is 2. The van der Waals surface area contributed by atoms with E-state index in [0.29, 0.717) is 25.6 Å². The van der Waals surface area contributed by atoms with Crippen LogP contribution in [-0.2, 0) is 16.1 Å². The first-order valence-corrected chi connectivity index (χ1v) is 10.6. The molecule has 0 radical (unpaired) electrons. The first kappa shape index (κ1) is 22.4. The zero-order valence-electron chi connectivity index (χ0n) is 18.8. The molecule has 164 valence electrons. The van der Waals surface area contributed by atoms with Crippen molar-refractivity contribution in [1.29, 1.82) is 0 Å². The minimum Gasteiger partial charge on any atom is -0.496 e. The summed E-state index contributed by atoms with van der Waals surface area (Å²) in [4.78, 5) is 16.6. The SMILES string of the molecule is COCCN(CC1CN(Cc2cc(C)c(C)o2)CC1c1ccccc1OC)C(C)=O. The fraction of sp³-hybridized carbons (Fsp3) is 0.542. The second-order valence-corrected chi connectivity index (χ2v) is 8.21. The predicted octanol–water partition coefficient (Wildman–Crippen LogP) is 3.62. The van der Waals surface area contributed by atoms with Crippen LogP contribution in [0, 0.1) is 19.8 Å². The van der Waals surface area contributed by atoms with Crippen LogP contribution in [0.2, 0.25) is 0 Å². The molecule has 1 aliphatic rings. The Labute approximate surface area is 179 Å². The van der Waals surface area contributed by atoms with Gasteiger partial charge in [0.05, 0.1) is 20.3 Å². The van der Waals surface area contributed by atoms with E-state index < -0.39 is 0 Å². The Morgan fingerprint density at radius 3 is 2.63 bits per heavy atom. The summed E-state index contributed by atoms with van der Waals surface area (Å²) in [5.74, 6) is 3.55. The summed E-state index contributed by atoms with van der Waals surface area (Å²) in [6, 6.07) is 10.3. The van der Waals surface area contributed by atoms with Crippen molar-refractivity contribution in [2.75, 3.05) is 47.0 Å². The molecule has 0 aliphatic carbocycles. The minimum absolute atomic E-state index is 0.0848. The van der Waals surface area contributed by atoms with Crippen molar-refractivity contribution in [2.45, 2.75) is 33.2 Å². The third-order valence-corrected chi connectivity index (χ3v) is 6.12. The fourth-order valence-electron chi connectivity index (χ4n) is 4.41. The number of nitrogens with zero attached hydrogens (tertiary/aromatic N) is 2. The van der Waals surface area contributed by atoms with Crippen LogP contribution < -0.4 is 4.74 Å². The van der Waals surface area contributed by atoms with E-state index in [2.05, 4.69) is 30.0 Å². The third-order valence-electron chi connectivity index (χ3n) is 6.12. The number of carbonyl (C=O) groups is 1. The van der Waals surface area contributed by atoms with Crippen LogP contribution in [0.15, 0.2) is 34.7 Å². The molecule has 1 saturated heterocycles. The van der Waals surface area contributed by atoms with Gasteiger partial charge in [-0.15, -0.1) is 0 Å². The van der Waals surface area contributed by atoms with Crippen molar-refractivity contribution in [3.8, 4) is 5.75 Å². The molecule has 0 N–H and O–H groups in total. The lowest BCUT2D eigenvalue weighted by Crippen LogP contribution is -2.38. The molecule has 6 nitrogen and oxygen atoms in total. The van der Waals surface area contributed by atoms with Gasteiger partial charge in [-0.1, -0.05) is 18.2 Å². The lowest BCUT2D eigenvalue weighted by atomic mass is 9.88. The summed E-state index contributed by atoms with van der Waals surface area (Å²) in [5.41, 5.74) is 2.39. The summed E-state index contributed by atoms with van der Waals surface area (Å²) in [5, 5.41) is 0. The van der Waals surface area contributed by atoms with Crippen LogP contribution in [0.25, 0.3) is 0 Å². The molecule has 0 spiro atoms. The van der Waals surface area contributed by atoms with Gasteiger partial charge in [0.15, 0.2) is 0 Å². The Kier molecular flexibility index (Phi) is 7.56. The summed E-state index contributed by atoms with van der Waals surface area (Å²) in [6.45, 7) is 10.1. The Bertz CT molecular complexity index is 828. The Hall–Kier alpha value is -2.31. The molecule has 1 aromatic heterocycles. The van der Waals surface area contributed by atoms with Crippen LogP contribution in [0.3, 0.4) is 0 Å². The second-order valence-electron chi connectivity index (χ2n) is 8.21. The predicted molar refractivity (Wildman–Crippen MR) is 117 cm³/mol.